The highest BCUT2D eigenvalue weighted by molar-refractivity contribution is 5.24. The Morgan fingerprint density at radius 2 is 0.336 bits per heavy atom. The van der Waals surface area contributed by atoms with Crippen LogP contribution in [0.1, 0.15) is 347 Å². The van der Waals surface area contributed by atoms with E-state index in [1.54, 1.807) is 0 Å². The number of piperazine rings is 1. The molecule has 0 bridgehead atoms. The third-order valence-corrected chi connectivity index (χ3v) is 18.0. The molecule has 1 fully saturated rings. The molecule has 2 aromatic carbocycles. The molecule has 3 rings (SSSR count). The van der Waals surface area contributed by atoms with Gasteiger partial charge in [0.25, 0.3) is 0 Å². The van der Waals surface area contributed by atoms with E-state index in [2.05, 4.69) is 280 Å². The second kappa shape index (κ2) is 78.8. The van der Waals surface area contributed by atoms with Crippen LogP contribution >= 0.6 is 0 Å². The Balaban J connectivity index is -0.000000408. The fraction of sp³-hybridized carbons (Fsp3) is 0.882. The molecule has 0 aromatic heterocycles. The molecular weight excluding hydrogens is 1450 g/mol. The number of rotatable bonds is 53. The molecule has 14 heteroatoms. The van der Waals surface area contributed by atoms with E-state index in [9.17, 15) is 0 Å². The van der Waals surface area contributed by atoms with E-state index in [4.69, 9.17) is 56.8 Å². The maximum absolute atomic E-state index is 5.52. The van der Waals surface area contributed by atoms with Crippen LogP contribution in [-0.4, -0.2) is 208 Å². The Kier molecular flexibility index (Phi) is 83.2. The monoisotopic (exact) mass is 1650 g/mol. The number of nitrogens with zero attached hydrogens (tertiary/aromatic N) is 2. The van der Waals surface area contributed by atoms with Gasteiger partial charge in [0.2, 0.25) is 0 Å². The van der Waals surface area contributed by atoms with E-state index >= 15 is 0 Å². The first-order valence-corrected chi connectivity index (χ1v) is 46.9. The molecule has 0 atom stereocenters. The molecule has 1 saturated heterocycles. The molecule has 116 heavy (non-hydrogen) atoms. The van der Waals surface area contributed by atoms with Gasteiger partial charge >= 0.3 is 0 Å². The van der Waals surface area contributed by atoms with Gasteiger partial charge in [-0.05, 0) is 194 Å². The van der Waals surface area contributed by atoms with Crippen molar-refractivity contribution < 1.29 is 56.8 Å². The first kappa shape index (κ1) is 122. The molecule has 0 radical (unpaired) electrons. The highest BCUT2D eigenvalue weighted by atomic mass is 16.6. The largest absolute Gasteiger partial charge is 0.379 e. The molecule has 0 amide bonds. The molecule has 1 heterocycles. The van der Waals surface area contributed by atoms with Crippen LogP contribution in [0.4, 0.5) is 0 Å². The Hall–Kier alpha value is -2.12. The van der Waals surface area contributed by atoms with Crippen LogP contribution in [0.2, 0.25) is 0 Å². The minimum absolute atomic E-state index is 0.349. The lowest BCUT2D eigenvalue weighted by molar-refractivity contribution is 0.00679. The lowest BCUT2D eigenvalue weighted by atomic mass is 9.81. The van der Waals surface area contributed by atoms with Gasteiger partial charge in [-0.2, -0.15) is 0 Å². The van der Waals surface area contributed by atoms with Gasteiger partial charge in [0, 0.05) is 79.0 Å². The van der Waals surface area contributed by atoms with Gasteiger partial charge in [0.1, 0.15) is 0 Å². The van der Waals surface area contributed by atoms with Crippen LogP contribution < -0.4 is 0 Å². The second-order valence-corrected chi connectivity index (χ2v) is 41.2. The minimum Gasteiger partial charge on any atom is -0.379 e. The molecular formula is C102H204N2O12. The van der Waals surface area contributed by atoms with Crippen molar-refractivity contribution in [3.63, 3.8) is 0 Å². The van der Waals surface area contributed by atoms with Gasteiger partial charge in [0.15, 0.2) is 0 Å². The highest BCUT2D eigenvalue weighted by Crippen LogP contribution is 2.30. The summed E-state index contributed by atoms with van der Waals surface area (Å²) in [5, 5.41) is 0. The molecule has 0 spiro atoms. The van der Waals surface area contributed by atoms with Crippen LogP contribution in [0, 0.1) is 43.3 Å². The van der Waals surface area contributed by atoms with E-state index in [1.165, 1.54) is 139 Å². The number of aryl methyl sites for hydroxylation is 4. The highest BCUT2D eigenvalue weighted by Gasteiger charge is 2.22. The van der Waals surface area contributed by atoms with E-state index in [-0.39, 0.29) is 0 Å². The lowest BCUT2D eigenvalue weighted by Crippen LogP contribution is -2.47. The third kappa shape index (κ3) is 112. The van der Waals surface area contributed by atoms with E-state index < -0.39 is 0 Å². The second-order valence-electron chi connectivity index (χ2n) is 41.2. The molecule has 2 aromatic rings. The average molecular weight is 1650 g/mol. The summed E-state index contributed by atoms with van der Waals surface area (Å²) in [4.78, 5) is 5.28. The summed E-state index contributed by atoms with van der Waals surface area (Å²) in [7, 11) is 0. The average Bonchev–Trinajstić information content (AvgIpc) is 0.921. The molecule has 1 aliphatic heterocycles. The van der Waals surface area contributed by atoms with Crippen LogP contribution in [0.3, 0.4) is 0 Å². The fourth-order valence-electron chi connectivity index (χ4n) is 10.1. The van der Waals surface area contributed by atoms with Crippen molar-refractivity contribution >= 4 is 0 Å². The fourth-order valence-corrected chi connectivity index (χ4v) is 10.1. The zero-order valence-corrected chi connectivity index (χ0v) is 83.8. The van der Waals surface area contributed by atoms with E-state index in [1.807, 2.05) is 0 Å². The van der Waals surface area contributed by atoms with Crippen LogP contribution in [-0.2, 0) is 82.5 Å². The molecule has 0 aliphatic carbocycles. The zero-order chi connectivity index (χ0) is 89.0. The standard InChI is InChI=1S/C18H30.C16H34N2.C16H34O3.C12H18.3C10H22O3.C10H22/c1-17(2,3)13-11-15-7-9-16(10-8-15)12-14-18(4,5)6;1-15(2,3)7-9-17-11-13-18(14-12-17)10-8-16(4,5)6;1-15(2,3)7-9-17-11-13-19-14-12-18-10-8-16(4,5)6;1-3-5-11-7-9-12(6-4-2)10-8-11;3*1-3-5-11-7-9-13-10-8-12-6-4-2;1-9(2,3)7-8-10(4,5)6/h7-10H,11-14H2,1-6H3;7-14H2,1-6H3;7-14H2,1-6H3;7-10H,3-6H2,1-2H3;3*3-10H2,1-2H3;7-8H2,1-6H3. The van der Waals surface area contributed by atoms with Gasteiger partial charge in [0.05, 0.1) is 106 Å². The SMILES string of the molecule is CC(C)(C)CCC(C)(C)C.CC(C)(C)CCN1CCN(CCC(C)(C)C)CC1.CC(C)(C)CCOCCOCCOCCC(C)(C)C.CC(C)(C)CCc1ccc(CCC(C)(C)C)cc1.CCCOCCOCCOCCC.CCCOCCOCCOCCC.CCCOCCOCCOCCC.CCCc1ccc(CCC)cc1. The predicted molar refractivity (Wildman–Crippen MR) is 505 cm³/mol. The first-order chi connectivity index (χ1) is 54.3. The maximum atomic E-state index is 5.52. The van der Waals surface area contributed by atoms with Gasteiger partial charge in [-0.3, -0.25) is 0 Å². The van der Waals surface area contributed by atoms with Gasteiger partial charge in [-0.1, -0.05) is 283 Å². The van der Waals surface area contributed by atoms with Crippen molar-refractivity contribution in [2.75, 3.05) is 198 Å². The Morgan fingerprint density at radius 1 is 0.181 bits per heavy atom. The summed E-state index contributed by atoms with van der Waals surface area (Å²) in [6, 6.07) is 18.3. The minimum atomic E-state index is 0.349. The summed E-state index contributed by atoms with van der Waals surface area (Å²) in [6.45, 7) is 97.2. The van der Waals surface area contributed by atoms with Crippen LogP contribution in [0.25, 0.3) is 0 Å². The number of hydrogen-bond acceptors (Lipinski definition) is 14. The van der Waals surface area contributed by atoms with E-state index in [0.717, 1.165) is 104 Å². The first-order valence-electron chi connectivity index (χ1n) is 46.9. The van der Waals surface area contributed by atoms with Crippen molar-refractivity contribution in [3.05, 3.63) is 70.8 Å². The predicted octanol–water partition coefficient (Wildman–Crippen LogP) is 26.0. The van der Waals surface area contributed by atoms with Gasteiger partial charge in [-0.15, -0.1) is 0 Å². The number of hydrogen-bond donors (Lipinski definition) is 0. The topological polar surface area (TPSA) is 117 Å². The zero-order valence-electron chi connectivity index (χ0n) is 83.8. The molecule has 0 N–H and O–H groups in total. The van der Waals surface area contributed by atoms with E-state index in [0.29, 0.717) is 149 Å². The molecule has 694 valence electrons. The lowest BCUT2D eigenvalue weighted by Gasteiger charge is -2.37. The number of benzene rings is 2. The maximum Gasteiger partial charge on any atom is 0.0701 e. The third-order valence-electron chi connectivity index (χ3n) is 18.0. The quantitative estimate of drug-likeness (QED) is 0.0585. The normalized spacial score (nSPS) is 13.1. The summed E-state index contributed by atoms with van der Waals surface area (Å²) < 4.78 is 63.8. The van der Waals surface area contributed by atoms with Crippen LogP contribution in [0.5, 0.6) is 0 Å². The Labute approximate surface area is 724 Å². The molecule has 0 saturated carbocycles. The van der Waals surface area contributed by atoms with Crippen molar-refractivity contribution in [1.82, 2.24) is 9.80 Å². The Morgan fingerprint density at radius 3 is 0.491 bits per heavy atom. The van der Waals surface area contributed by atoms with Crippen molar-refractivity contribution in [1.29, 1.82) is 0 Å². The number of ether oxygens (including phenoxy) is 12. The molecule has 0 unspecified atom stereocenters. The molecule has 1 aliphatic rings. The van der Waals surface area contributed by atoms with Crippen molar-refractivity contribution in [2.45, 2.75) is 350 Å². The summed E-state index contributed by atoms with van der Waals surface area (Å²) in [5.41, 5.74) is 9.43. The summed E-state index contributed by atoms with van der Waals surface area (Å²) in [6.07, 6.45) is 23.7. The smallest absolute Gasteiger partial charge is 0.0701 e. The summed E-state index contributed by atoms with van der Waals surface area (Å²) in [5.74, 6) is 0. The van der Waals surface area contributed by atoms with Crippen LogP contribution in [0.15, 0.2) is 48.5 Å². The molecule has 14 nitrogen and oxygen atoms in total. The summed E-state index contributed by atoms with van der Waals surface area (Å²) >= 11 is 0. The van der Waals surface area contributed by atoms with Crippen molar-refractivity contribution in [3.8, 4) is 0 Å². The van der Waals surface area contributed by atoms with Crippen molar-refractivity contribution in [2.24, 2.45) is 43.3 Å². The Bertz CT molecular complexity index is 2050. The van der Waals surface area contributed by atoms with Gasteiger partial charge < -0.3 is 66.6 Å². The van der Waals surface area contributed by atoms with Gasteiger partial charge in [-0.25, -0.2) is 0 Å².